The molecule has 0 amide bonds. The van der Waals surface area contributed by atoms with Crippen molar-refractivity contribution in [3.05, 3.63) is 29.3 Å². The maximum Gasteiger partial charge on any atom is 0.191 e. The Bertz CT molecular complexity index is 554. The van der Waals surface area contributed by atoms with Gasteiger partial charge in [0.25, 0.3) is 0 Å². The minimum absolute atomic E-state index is 0.504. The lowest BCUT2D eigenvalue weighted by atomic mass is 10.1. The number of aryl methyl sites for hydroxylation is 1. The molecule has 2 N–H and O–H groups in total. The number of hydrogen-bond acceptors (Lipinski definition) is 3. The van der Waals surface area contributed by atoms with Crippen molar-refractivity contribution < 1.29 is 9.47 Å². The largest absolute Gasteiger partial charge is 0.493 e. The number of nitrogens with one attached hydrogen (secondary N) is 2. The molecule has 1 saturated heterocycles. The summed E-state index contributed by atoms with van der Waals surface area (Å²) in [5.41, 5.74) is 2.33. The number of aliphatic imine (C=N–C) groups is 1. The van der Waals surface area contributed by atoms with Crippen LogP contribution in [0.4, 0.5) is 0 Å². The lowest BCUT2D eigenvalue weighted by Gasteiger charge is -2.15. The molecule has 0 saturated carbocycles. The molecule has 5 nitrogen and oxygen atoms in total. The number of nitrogens with zero attached hydrogens (tertiary/aromatic N) is 1. The first-order chi connectivity index (χ1) is 12.7. The number of unbranched alkanes of at least 4 members (excludes halogenated alkanes) is 2. The van der Waals surface area contributed by atoms with E-state index >= 15 is 0 Å². The highest BCUT2D eigenvalue weighted by Gasteiger charge is 2.17. The third kappa shape index (κ3) is 7.24. The van der Waals surface area contributed by atoms with Crippen molar-refractivity contribution in [3.8, 4) is 5.75 Å². The molecular weight excluding hydrogens is 326 g/mol. The molecule has 26 heavy (non-hydrogen) atoms. The van der Waals surface area contributed by atoms with E-state index in [-0.39, 0.29) is 0 Å². The average Bonchev–Trinajstić information content (AvgIpc) is 3.16. The van der Waals surface area contributed by atoms with E-state index in [1.165, 1.54) is 24.8 Å². The first-order valence-corrected chi connectivity index (χ1v) is 10.0. The SMILES string of the molecule is CCCCCNC(=NCc1ccc(C)cc1OCC1CCOC1)NCC. The summed E-state index contributed by atoms with van der Waals surface area (Å²) in [6.07, 6.45) is 4.73. The molecule has 1 aromatic rings. The third-order valence-electron chi connectivity index (χ3n) is 4.55. The van der Waals surface area contributed by atoms with Gasteiger partial charge in [0.05, 0.1) is 19.8 Å². The zero-order chi connectivity index (χ0) is 18.6. The van der Waals surface area contributed by atoms with Crippen molar-refractivity contribution in [2.24, 2.45) is 10.9 Å². The van der Waals surface area contributed by atoms with Gasteiger partial charge in [-0.25, -0.2) is 4.99 Å². The fourth-order valence-corrected chi connectivity index (χ4v) is 2.94. The molecular formula is C21H35N3O2. The standard InChI is InChI=1S/C21H35N3O2/c1-4-6-7-11-23-21(22-5-2)24-14-19-9-8-17(3)13-20(19)26-16-18-10-12-25-15-18/h8-9,13,18H,4-7,10-12,14-16H2,1-3H3,(H2,22,23,24). The molecule has 1 aliphatic heterocycles. The van der Waals surface area contributed by atoms with E-state index < -0.39 is 0 Å². The Morgan fingerprint density at radius 2 is 2.15 bits per heavy atom. The Balaban J connectivity index is 1.96. The summed E-state index contributed by atoms with van der Waals surface area (Å²) in [5.74, 6) is 2.33. The summed E-state index contributed by atoms with van der Waals surface area (Å²) in [6, 6.07) is 6.36. The highest BCUT2D eigenvalue weighted by molar-refractivity contribution is 5.79. The summed E-state index contributed by atoms with van der Waals surface area (Å²) in [5, 5.41) is 6.73. The van der Waals surface area contributed by atoms with Crippen molar-refractivity contribution in [3.63, 3.8) is 0 Å². The normalized spacial score (nSPS) is 17.3. The molecule has 0 aromatic heterocycles. The van der Waals surface area contributed by atoms with Crippen LogP contribution in [0.15, 0.2) is 23.2 Å². The van der Waals surface area contributed by atoms with Crippen molar-refractivity contribution in [1.29, 1.82) is 0 Å². The van der Waals surface area contributed by atoms with Crippen molar-refractivity contribution >= 4 is 5.96 Å². The Hall–Kier alpha value is -1.75. The minimum atomic E-state index is 0.504. The van der Waals surface area contributed by atoms with Gasteiger partial charge in [-0.3, -0.25) is 0 Å². The second kappa shape index (κ2) is 11.8. The van der Waals surface area contributed by atoms with Gasteiger partial charge in [-0.2, -0.15) is 0 Å². The molecule has 2 rings (SSSR count). The Morgan fingerprint density at radius 3 is 2.88 bits per heavy atom. The summed E-state index contributed by atoms with van der Waals surface area (Å²) in [4.78, 5) is 4.74. The highest BCUT2D eigenvalue weighted by Crippen LogP contribution is 2.23. The first kappa shape index (κ1) is 20.6. The number of ether oxygens (including phenoxy) is 2. The van der Waals surface area contributed by atoms with E-state index in [4.69, 9.17) is 14.5 Å². The third-order valence-corrected chi connectivity index (χ3v) is 4.55. The van der Waals surface area contributed by atoms with E-state index in [9.17, 15) is 0 Å². The fraction of sp³-hybridized carbons (Fsp3) is 0.667. The first-order valence-electron chi connectivity index (χ1n) is 10.0. The molecule has 1 aromatic carbocycles. The summed E-state index contributed by atoms with van der Waals surface area (Å²) in [7, 11) is 0. The van der Waals surface area contributed by atoms with Gasteiger partial charge >= 0.3 is 0 Å². The van der Waals surface area contributed by atoms with Gasteiger partial charge in [0.2, 0.25) is 0 Å². The van der Waals surface area contributed by atoms with Crippen LogP contribution in [-0.2, 0) is 11.3 Å². The van der Waals surface area contributed by atoms with E-state index in [2.05, 4.69) is 49.6 Å². The van der Waals surface area contributed by atoms with Crippen LogP contribution in [0.5, 0.6) is 5.75 Å². The van der Waals surface area contributed by atoms with Gasteiger partial charge in [0.1, 0.15) is 5.75 Å². The molecule has 0 aliphatic carbocycles. The van der Waals surface area contributed by atoms with E-state index in [0.717, 1.165) is 56.6 Å². The highest BCUT2D eigenvalue weighted by atomic mass is 16.5. The quantitative estimate of drug-likeness (QED) is 0.379. The smallest absolute Gasteiger partial charge is 0.191 e. The Morgan fingerprint density at radius 1 is 1.27 bits per heavy atom. The lowest BCUT2D eigenvalue weighted by molar-refractivity contribution is 0.166. The van der Waals surface area contributed by atoms with Crippen molar-refractivity contribution in [2.75, 3.05) is 32.9 Å². The van der Waals surface area contributed by atoms with E-state index in [1.807, 2.05) is 0 Å². The predicted molar refractivity (Wildman–Crippen MR) is 108 cm³/mol. The molecule has 1 atom stereocenters. The topological polar surface area (TPSA) is 54.9 Å². The van der Waals surface area contributed by atoms with Crippen molar-refractivity contribution in [2.45, 2.75) is 53.0 Å². The maximum atomic E-state index is 6.12. The van der Waals surface area contributed by atoms with Crippen LogP contribution in [0.2, 0.25) is 0 Å². The molecule has 1 fully saturated rings. The molecule has 1 aliphatic rings. The van der Waals surface area contributed by atoms with Gasteiger partial charge in [-0.1, -0.05) is 31.9 Å². The molecule has 1 heterocycles. The molecule has 1 unspecified atom stereocenters. The summed E-state index contributed by atoms with van der Waals surface area (Å²) < 4.78 is 11.6. The van der Waals surface area contributed by atoms with Crippen LogP contribution in [0, 0.1) is 12.8 Å². The zero-order valence-electron chi connectivity index (χ0n) is 16.6. The fourth-order valence-electron chi connectivity index (χ4n) is 2.94. The van der Waals surface area contributed by atoms with Crippen LogP contribution in [-0.4, -0.2) is 38.9 Å². The second-order valence-electron chi connectivity index (χ2n) is 6.98. The average molecular weight is 362 g/mol. The lowest BCUT2D eigenvalue weighted by Crippen LogP contribution is -2.37. The minimum Gasteiger partial charge on any atom is -0.493 e. The van der Waals surface area contributed by atoms with Gasteiger partial charge in [0, 0.05) is 31.2 Å². The molecule has 0 spiro atoms. The summed E-state index contributed by atoms with van der Waals surface area (Å²) in [6.45, 7) is 11.2. The van der Waals surface area contributed by atoms with Crippen LogP contribution in [0.1, 0.15) is 50.7 Å². The molecule has 146 valence electrons. The number of benzene rings is 1. The van der Waals surface area contributed by atoms with Gasteiger partial charge < -0.3 is 20.1 Å². The number of hydrogen-bond donors (Lipinski definition) is 2. The van der Waals surface area contributed by atoms with Crippen LogP contribution in [0.25, 0.3) is 0 Å². The molecule has 0 bridgehead atoms. The molecule has 5 heteroatoms. The zero-order valence-corrected chi connectivity index (χ0v) is 16.6. The Labute approximate surface area is 158 Å². The monoisotopic (exact) mass is 361 g/mol. The van der Waals surface area contributed by atoms with Crippen LogP contribution < -0.4 is 15.4 Å². The van der Waals surface area contributed by atoms with Crippen LogP contribution >= 0.6 is 0 Å². The van der Waals surface area contributed by atoms with Crippen LogP contribution in [0.3, 0.4) is 0 Å². The van der Waals surface area contributed by atoms with Gasteiger partial charge in [0.15, 0.2) is 5.96 Å². The summed E-state index contributed by atoms with van der Waals surface area (Å²) >= 11 is 0. The number of guanidine groups is 1. The van der Waals surface area contributed by atoms with E-state index in [1.54, 1.807) is 0 Å². The number of rotatable bonds is 10. The second-order valence-corrected chi connectivity index (χ2v) is 6.98. The molecule has 0 radical (unpaired) electrons. The predicted octanol–water partition coefficient (Wildman–Crippen LogP) is 3.66. The van der Waals surface area contributed by atoms with Gasteiger partial charge in [-0.15, -0.1) is 0 Å². The van der Waals surface area contributed by atoms with Crippen molar-refractivity contribution in [1.82, 2.24) is 10.6 Å². The maximum absolute atomic E-state index is 6.12. The Kier molecular flexibility index (Phi) is 9.32. The van der Waals surface area contributed by atoms with E-state index in [0.29, 0.717) is 12.5 Å². The van der Waals surface area contributed by atoms with Gasteiger partial charge in [-0.05, 0) is 38.3 Å².